The summed E-state index contributed by atoms with van der Waals surface area (Å²) >= 11 is 6.89. The van der Waals surface area contributed by atoms with E-state index in [0.717, 1.165) is 0 Å². The van der Waals surface area contributed by atoms with E-state index in [9.17, 15) is 0 Å². The van der Waals surface area contributed by atoms with Crippen LogP contribution in [0.25, 0.3) is 0 Å². The summed E-state index contributed by atoms with van der Waals surface area (Å²) < 4.78 is 0.643. The highest BCUT2D eigenvalue weighted by Crippen LogP contribution is 2.26. The quantitative estimate of drug-likeness (QED) is 0.643. The second kappa shape index (κ2) is 3.07. The minimum atomic E-state index is -0.808. The first-order chi connectivity index (χ1) is 4.74. The molecule has 3 heteroatoms. The molecule has 0 saturated heterocycles. The first kappa shape index (κ1) is 7.62. The number of rotatable bonds is 1. The Labute approximate surface area is 68.3 Å². The molecule has 1 nitrogen and oxygen atoms in total. The maximum absolute atomic E-state index is 9.06. The van der Waals surface area contributed by atoms with Crippen molar-refractivity contribution in [3.05, 3.63) is 21.3 Å². The van der Waals surface area contributed by atoms with Crippen LogP contribution in [0.4, 0.5) is 0 Å². The van der Waals surface area contributed by atoms with Gasteiger partial charge in [0.1, 0.15) is 6.10 Å². The van der Waals surface area contributed by atoms with Crippen molar-refractivity contribution in [2.75, 3.05) is 0 Å². The van der Waals surface area contributed by atoms with Crippen LogP contribution in [0.15, 0.2) is 12.1 Å². The number of hydrogen-bond donors (Lipinski definition) is 1. The molecule has 1 rings (SSSR count). The van der Waals surface area contributed by atoms with Gasteiger partial charge in [-0.2, -0.15) is 0 Å². The lowest BCUT2D eigenvalue weighted by Crippen LogP contribution is -1.86. The molecule has 1 aromatic heterocycles. The van der Waals surface area contributed by atoms with E-state index in [4.69, 9.17) is 23.1 Å². The molecule has 0 saturated carbocycles. The van der Waals surface area contributed by atoms with Crippen molar-refractivity contribution in [2.24, 2.45) is 0 Å². The average molecular weight is 173 g/mol. The predicted molar refractivity (Wildman–Crippen MR) is 43.1 cm³/mol. The molecule has 1 N–H and O–H groups in total. The highest BCUT2D eigenvalue weighted by atomic mass is 35.5. The van der Waals surface area contributed by atoms with E-state index >= 15 is 0 Å². The van der Waals surface area contributed by atoms with Gasteiger partial charge in [-0.15, -0.1) is 17.8 Å². The number of hydrogen-bond acceptors (Lipinski definition) is 2. The van der Waals surface area contributed by atoms with Gasteiger partial charge in [-0.25, -0.2) is 0 Å². The van der Waals surface area contributed by atoms with Crippen molar-refractivity contribution in [3.8, 4) is 12.3 Å². The maximum atomic E-state index is 9.06. The third kappa shape index (κ3) is 1.51. The molecule has 0 aliphatic rings. The molecule has 0 spiro atoms. The fourth-order valence-electron chi connectivity index (χ4n) is 0.557. The molecule has 1 aromatic rings. The van der Waals surface area contributed by atoms with Gasteiger partial charge < -0.3 is 5.11 Å². The zero-order chi connectivity index (χ0) is 7.56. The normalized spacial score (nSPS) is 12.5. The number of thiophene rings is 1. The van der Waals surface area contributed by atoms with E-state index in [2.05, 4.69) is 5.92 Å². The van der Waals surface area contributed by atoms with Gasteiger partial charge in [0, 0.05) is 4.88 Å². The highest BCUT2D eigenvalue weighted by molar-refractivity contribution is 7.16. The molecule has 52 valence electrons. The van der Waals surface area contributed by atoms with Gasteiger partial charge in [-0.3, -0.25) is 0 Å². The van der Waals surface area contributed by atoms with Gasteiger partial charge >= 0.3 is 0 Å². The van der Waals surface area contributed by atoms with Crippen LogP contribution in [-0.2, 0) is 0 Å². The third-order valence-electron chi connectivity index (χ3n) is 1.02. The summed E-state index contributed by atoms with van der Waals surface area (Å²) in [5.74, 6) is 2.20. The zero-order valence-electron chi connectivity index (χ0n) is 5.04. The van der Waals surface area contributed by atoms with Gasteiger partial charge in [-0.1, -0.05) is 17.5 Å². The van der Waals surface area contributed by atoms with E-state index in [1.165, 1.54) is 11.3 Å². The van der Waals surface area contributed by atoms with E-state index in [-0.39, 0.29) is 0 Å². The van der Waals surface area contributed by atoms with Crippen molar-refractivity contribution in [1.82, 2.24) is 0 Å². The molecule has 0 aromatic carbocycles. The molecule has 10 heavy (non-hydrogen) atoms. The van der Waals surface area contributed by atoms with Crippen molar-refractivity contribution in [1.29, 1.82) is 0 Å². The van der Waals surface area contributed by atoms with E-state index in [1.807, 2.05) is 0 Å². The lowest BCUT2D eigenvalue weighted by molar-refractivity contribution is 0.242. The molecular weight excluding hydrogens is 168 g/mol. The van der Waals surface area contributed by atoms with Gasteiger partial charge in [0.05, 0.1) is 4.34 Å². The molecule has 1 atom stereocenters. The highest BCUT2D eigenvalue weighted by Gasteiger charge is 2.04. The first-order valence-corrected chi connectivity index (χ1v) is 3.83. The fraction of sp³-hybridized carbons (Fsp3) is 0.143. The Balaban J connectivity index is 2.87. The second-order valence-electron chi connectivity index (χ2n) is 1.71. The molecule has 0 bridgehead atoms. The van der Waals surface area contributed by atoms with Crippen LogP contribution in [-0.4, -0.2) is 5.11 Å². The lowest BCUT2D eigenvalue weighted by atomic mass is 10.3. The molecule has 0 aliphatic carbocycles. The number of terminal acetylenes is 1. The summed E-state index contributed by atoms with van der Waals surface area (Å²) in [5.41, 5.74) is 0. The smallest absolute Gasteiger partial charge is 0.149 e. The van der Waals surface area contributed by atoms with E-state index in [1.54, 1.807) is 12.1 Å². The lowest BCUT2D eigenvalue weighted by Gasteiger charge is -1.95. The maximum Gasteiger partial charge on any atom is 0.149 e. The van der Waals surface area contributed by atoms with Crippen LogP contribution in [0.3, 0.4) is 0 Å². The molecule has 1 unspecified atom stereocenters. The summed E-state index contributed by atoms with van der Waals surface area (Å²) in [7, 11) is 0. The van der Waals surface area contributed by atoms with Crippen molar-refractivity contribution in [2.45, 2.75) is 6.10 Å². The monoisotopic (exact) mass is 172 g/mol. The standard InChI is InChI=1S/C7H5ClOS/c1-2-5(9)6-3-4-7(8)10-6/h1,3-5,9H. The molecule has 0 amide bonds. The summed E-state index contributed by atoms with van der Waals surface area (Å²) in [6.45, 7) is 0. The summed E-state index contributed by atoms with van der Waals surface area (Å²) in [6, 6.07) is 3.43. The molecule has 0 aliphatic heterocycles. The van der Waals surface area contributed by atoms with Crippen LogP contribution in [0.2, 0.25) is 4.34 Å². The van der Waals surface area contributed by atoms with E-state index < -0.39 is 6.10 Å². The minimum Gasteiger partial charge on any atom is -0.375 e. The molecule has 0 fully saturated rings. The number of aliphatic hydroxyl groups is 1. The van der Waals surface area contributed by atoms with Crippen LogP contribution >= 0.6 is 22.9 Å². The number of halogens is 1. The van der Waals surface area contributed by atoms with Crippen LogP contribution in [0.1, 0.15) is 11.0 Å². The van der Waals surface area contributed by atoms with Gasteiger partial charge in [0.2, 0.25) is 0 Å². The van der Waals surface area contributed by atoms with Crippen LogP contribution in [0, 0.1) is 12.3 Å². The van der Waals surface area contributed by atoms with Crippen molar-refractivity contribution in [3.63, 3.8) is 0 Å². The van der Waals surface area contributed by atoms with E-state index in [0.29, 0.717) is 9.21 Å². The van der Waals surface area contributed by atoms with Gasteiger partial charge in [-0.05, 0) is 12.1 Å². The molecule has 1 heterocycles. The Morgan fingerprint density at radius 3 is 2.80 bits per heavy atom. The third-order valence-corrected chi connectivity index (χ3v) is 2.30. The Bertz CT molecular complexity index is 261. The zero-order valence-corrected chi connectivity index (χ0v) is 6.62. The Kier molecular flexibility index (Phi) is 2.34. The average Bonchev–Trinajstić information content (AvgIpc) is 2.34. The largest absolute Gasteiger partial charge is 0.375 e. The predicted octanol–water partition coefficient (Wildman–Crippen LogP) is 2.07. The first-order valence-electron chi connectivity index (χ1n) is 2.63. The Morgan fingerprint density at radius 2 is 2.40 bits per heavy atom. The van der Waals surface area contributed by atoms with Crippen molar-refractivity contribution < 1.29 is 5.11 Å². The molecular formula is C7H5ClOS. The second-order valence-corrected chi connectivity index (χ2v) is 3.46. The van der Waals surface area contributed by atoms with Gasteiger partial charge in [0.15, 0.2) is 0 Å². The summed E-state index contributed by atoms with van der Waals surface area (Å²) in [5, 5.41) is 9.06. The minimum absolute atomic E-state index is 0.643. The topological polar surface area (TPSA) is 20.2 Å². The fourth-order valence-corrected chi connectivity index (χ4v) is 1.56. The Morgan fingerprint density at radius 1 is 1.70 bits per heavy atom. The molecule has 0 radical (unpaired) electrons. The summed E-state index contributed by atoms with van der Waals surface area (Å²) in [4.78, 5) is 0.715. The van der Waals surface area contributed by atoms with Crippen LogP contribution in [0.5, 0.6) is 0 Å². The van der Waals surface area contributed by atoms with Crippen LogP contribution < -0.4 is 0 Å². The SMILES string of the molecule is C#CC(O)c1ccc(Cl)s1. The Hall–Kier alpha value is -0.490. The summed E-state index contributed by atoms with van der Waals surface area (Å²) in [6.07, 6.45) is 4.17. The number of aliphatic hydroxyl groups excluding tert-OH is 1. The van der Waals surface area contributed by atoms with Gasteiger partial charge in [0.25, 0.3) is 0 Å². The van der Waals surface area contributed by atoms with Crippen molar-refractivity contribution >= 4 is 22.9 Å².